The van der Waals surface area contributed by atoms with Crippen molar-refractivity contribution in [2.75, 3.05) is 7.05 Å². The van der Waals surface area contributed by atoms with Gasteiger partial charge in [0.05, 0.1) is 24.0 Å². The van der Waals surface area contributed by atoms with Crippen molar-refractivity contribution in [3.8, 4) is 11.5 Å². The summed E-state index contributed by atoms with van der Waals surface area (Å²) in [6.45, 7) is 1.95. The maximum absolute atomic E-state index is 5.47. The fourth-order valence-corrected chi connectivity index (χ4v) is 1.07. The minimum atomic E-state index is 0.0426. The zero-order valence-corrected chi connectivity index (χ0v) is 8.51. The van der Waals surface area contributed by atoms with Crippen LogP contribution in [0, 0.1) is 0 Å². The molecule has 0 amide bonds. The Balaban J connectivity index is 2.28. The average Bonchev–Trinajstić information content (AvgIpc) is 2.78. The Kier molecular flexibility index (Phi) is 2.68. The monoisotopic (exact) mass is 205 g/mol. The maximum Gasteiger partial charge on any atom is 0.249 e. The summed E-state index contributed by atoms with van der Waals surface area (Å²) in [5, 5.41) is 18.3. The lowest BCUT2D eigenvalue weighted by molar-refractivity contribution is 0.441. The van der Waals surface area contributed by atoms with Crippen molar-refractivity contribution < 1.29 is 4.42 Å². The fraction of sp³-hybridized carbons (Fsp3) is 0.333. The van der Waals surface area contributed by atoms with E-state index in [0.29, 0.717) is 11.8 Å². The van der Waals surface area contributed by atoms with Crippen LogP contribution >= 0.6 is 0 Å². The third kappa shape index (κ3) is 1.99. The first-order chi connectivity index (χ1) is 7.31. The summed E-state index contributed by atoms with van der Waals surface area (Å²) in [4.78, 5) is 0. The summed E-state index contributed by atoms with van der Waals surface area (Å²) in [5.74, 6) is 1.02. The van der Waals surface area contributed by atoms with E-state index in [1.807, 2.05) is 14.0 Å². The molecule has 0 radical (unpaired) electrons. The van der Waals surface area contributed by atoms with Gasteiger partial charge in [0.1, 0.15) is 0 Å². The molecule has 6 heteroatoms. The molecule has 1 N–H and O–H groups in total. The molecule has 0 aromatic carbocycles. The number of rotatable bonds is 3. The van der Waals surface area contributed by atoms with Crippen molar-refractivity contribution in [2.45, 2.75) is 13.0 Å². The van der Waals surface area contributed by atoms with Gasteiger partial charge in [-0.05, 0) is 20.0 Å². The largest absolute Gasteiger partial charge is 0.419 e. The molecule has 2 rings (SSSR count). The molecule has 0 spiro atoms. The highest BCUT2D eigenvalue weighted by atomic mass is 16.4. The molecule has 0 bridgehead atoms. The van der Waals surface area contributed by atoms with Crippen molar-refractivity contribution >= 4 is 0 Å². The number of nitrogens with zero attached hydrogens (tertiary/aromatic N) is 4. The third-order valence-electron chi connectivity index (χ3n) is 2.08. The summed E-state index contributed by atoms with van der Waals surface area (Å²) in [6.07, 6.45) is 3.17. The van der Waals surface area contributed by atoms with Gasteiger partial charge >= 0.3 is 0 Å². The molecular formula is C9H11N5O. The van der Waals surface area contributed by atoms with E-state index >= 15 is 0 Å². The minimum Gasteiger partial charge on any atom is -0.419 e. The van der Waals surface area contributed by atoms with Crippen LogP contribution in [0.5, 0.6) is 0 Å². The molecule has 0 aliphatic heterocycles. The summed E-state index contributed by atoms with van der Waals surface area (Å²) in [7, 11) is 1.84. The third-order valence-corrected chi connectivity index (χ3v) is 2.08. The van der Waals surface area contributed by atoms with Crippen LogP contribution in [-0.2, 0) is 0 Å². The van der Waals surface area contributed by atoms with Crippen LogP contribution in [0.15, 0.2) is 22.9 Å². The zero-order valence-electron chi connectivity index (χ0n) is 8.51. The molecule has 0 saturated heterocycles. The Morgan fingerprint density at radius 1 is 1.33 bits per heavy atom. The predicted molar refractivity (Wildman–Crippen MR) is 52.8 cm³/mol. The predicted octanol–water partition coefficient (Wildman–Crippen LogP) is 0.807. The molecule has 0 aliphatic carbocycles. The topological polar surface area (TPSA) is 76.7 Å². The highest BCUT2D eigenvalue weighted by Gasteiger charge is 2.12. The van der Waals surface area contributed by atoms with Gasteiger partial charge < -0.3 is 9.73 Å². The number of aromatic nitrogens is 4. The lowest BCUT2D eigenvalue weighted by atomic mass is 10.3. The van der Waals surface area contributed by atoms with E-state index in [1.54, 1.807) is 18.5 Å². The van der Waals surface area contributed by atoms with Crippen molar-refractivity contribution in [2.24, 2.45) is 0 Å². The molecule has 2 heterocycles. The Morgan fingerprint density at radius 3 is 2.87 bits per heavy atom. The van der Waals surface area contributed by atoms with Crippen LogP contribution in [0.25, 0.3) is 11.5 Å². The summed E-state index contributed by atoms with van der Waals surface area (Å²) >= 11 is 0. The number of hydrogen-bond donors (Lipinski definition) is 1. The maximum atomic E-state index is 5.47. The molecule has 6 nitrogen and oxygen atoms in total. The first kappa shape index (κ1) is 9.72. The van der Waals surface area contributed by atoms with Crippen LogP contribution < -0.4 is 5.32 Å². The van der Waals surface area contributed by atoms with Gasteiger partial charge in [-0.15, -0.1) is 10.2 Å². The average molecular weight is 205 g/mol. The van der Waals surface area contributed by atoms with Gasteiger partial charge in [-0.1, -0.05) is 0 Å². The second-order valence-electron chi connectivity index (χ2n) is 3.09. The molecule has 2 aromatic heterocycles. The van der Waals surface area contributed by atoms with E-state index in [-0.39, 0.29) is 6.04 Å². The molecule has 0 fully saturated rings. The first-order valence-electron chi connectivity index (χ1n) is 4.59. The second kappa shape index (κ2) is 4.14. The zero-order chi connectivity index (χ0) is 10.7. The summed E-state index contributed by atoms with van der Waals surface area (Å²) in [6, 6.07) is 1.81. The smallest absolute Gasteiger partial charge is 0.249 e. The minimum absolute atomic E-state index is 0.0426. The Morgan fingerprint density at radius 2 is 2.20 bits per heavy atom. The molecular weight excluding hydrogens is 194 g/mol. The molecule has 0 aliphatic rings. The number of hydrogen-bond acceptors (Lipinski definition) is 6. The standard InChI is InChI=1S/C9H11N5O/c1-6(10-2)8-13-14-9(15-8)7-3-4-11-12-5-7/h3-6,10H,1-2H3. The SMILES string of the molecule is CNC(C)c1nnc(-c2ccnnc2)o1. The molecule has 15 heavy (non-hydrogen) atoms. The van der Waals surface area contributed by atoms with Gasteiger partial charge in [-0.25, -0.2) is 0 Å². The Bertz CT molecular complexity index is 427. The van der Waals surface area contributed by atoms with Crippen LogP contribution in [0.4, 0.5) is 0 Å². The van der Waals surface area contributed by atoms with Gasteiger partial charge in [-0.3, -0.25) is 0 Å². The van der Waals surface area contributed by atoms with Crippen LogP contribution in [0.3, 0.4) is 0 Å². The molecule has 2 aromatic rings. The molecule has 1 unspecified atom stereocenters. The van der Waals surface area contributed by atoms with E-state index < -0.39 is 0 Å². The summed E-state index contributed by atoms with van der Waals surface area (Å²) in [5.41, 5.74) is 0.770. The van der Waals surface area contributed by atoms with E-state index in [9.17, 15) is 0 Å². The van der Waals surface area contributed by atoms with Gasteiger partial charge in [-0.2, -0.15) is 10.2 Å². The highest BCUT2D eigenvalue weighted by Crippen LogP contribution is 2.18. The van der Waals surface area contributed by atoms with E-state index in [2.05, 4.69) is 25.7 Å². The van der Waals surface area contributed by atoms with Crippen molar-refractivity contribution in [3.05, 3.63) is 24.4 Å². The van der Waals surface area contributed by atoms with E-state index in [1.165, 1.54) is 0 Å². The lowest BCUT2D eigenvalue weighted by Gasteiger charge is -2.02. The van der Waals surface area contributed by atoms with Crippen molar-refractivity contribution in [3.63, 3.8) is 0 Å². The van der Waals surface area contributed by atoms with E-state index in [0.717, 1.165) is 5.56 Å². The molecule has 1 atom stereocenters. The van der Waals surface area contributed by atoms with Crippen molar-refractivity contribution in [1.82, 2.24) is 25.7 Å². The second-order valence-corrected chi connectivity index (χ2v) is 3.09. The van der Waals surface area contributed by atoms with Gasteiger partial charge in [0, 0.05) is 0 Å². The van der Waals surface area contributed by atoms with Crippen molar-refractivity contribution in [1.29, 1.82) is 0 Å². The Hall–Kier alpha value is -1.82. The fourth-order valence-electron chi connectivity index (χ4n) is 1.07. The normalized spacial score (nSPS) is 12.7. The lowest BCUT2D eigenvalue weighted by Crippen LogP contribution is -2.12. The van der Waals surface area contributed by atoms with E-state index in [4.69, 9.17) is 4.42 Å². The Labute approximate surface area is 86.7 Å². The van der Waals surface area contributed by atoms with Crippen LogP contribution in [0.1, 0.15) is 18.9 Å². The quantitative estimate of drug-likeness (QED) is 0.798. The van der Waals surface area contributed by atoms with Gasteiger partial charge in [0.25, 0.3) is 0 Å². The molecule has 0 saturated carbocycles. The highest BCUT2D eigenvalue weighted by molar-refractivity contribution is 5.49. The van der Waals surface area contributed by atoms with Crippen LogP contribution in [0.2, 0.25) is 0 Å². The van der Waals surface area contributed by atoms with Gasteiger partial charge in [0.15, 0.2) is 0 Å². The van der Waals surface area contributed by atoms with Gasteiger partial charge in [0.2, 0.25) is 11.8 Å². The molecule has 78 valence electrons. The number of nitrogens with one attached hydrogen (secondary N) is 1. The first-order valence-corrected chi connectivity index (χ1v) is 4.59. The summed E-state index contributed by atoms with van der Waals surface area (Å²) < 4.78 is 5.47. The van der Waals surface area contributed by atoms with Crippen LogP contribution in [-0.4, -0.2) is 27.4 Å².